The van der Waals surface area contributed by atoms with Crippen molar-refractivity contribution in [2.75, 3.05) is 51.4 Å². The monoisotopic (exact) mass is 614 g/mol. The standard InChI is InChI=1S/C34H44N8O3/c1-7-29(43)35-25-13-15-26(16-14-25)42(6)19-17-24(18-20-42)32(44)37-31-27-21-41(34(2,3)30(27)38-39-31)33(45)36-28(22-40(4)5)23-11-9-8-10-12-23/h7-16,24,28H,1,17-22H2,2-6H3,(H3-,35,36,37,38,39,43,44,45)/p+2. The number of quaternary nitrogens is 2. The molecule has 3 heterocycles. The molecule has 2 atom stereocenters. The number of nitrogens with zero attached hydrogens (tertiary/aromatic N) is 3. The Bertz CT molecular complexity index is 1540. The highest BCUT2D eigenvalue weighted by molar-refractivity contribution is 5.99. The van der Waals surface area contributed by atoms with Gasteiger partial charge in [0.25, 0.3) is 0 Å². The predicted molar refractivity (Wildman–Crippen MR) is 177 cm³/mol. The summed E-state index contributed by atoms with van der Waals surface area (Å²) in [7, 11) is 6.17. The van der Waals surface area contributed by atoms with Gasteiger partial charge in [-0.3, -0.25) is 24.5 Å². The van der Waals surface area contributed by atoms with Crippen molar-refractivity contribution in [3.63, 3.8) is 0 Å². The maximum Gasteiger partial charge on any atom is 0.416 e. The van der Waals surface area contributed by atoms with Crippen LogP contribution in [-0.2, 0) is 21.7 Å². The quantitative estimate of drug-likeness (QED) is 0.187. The molecule has 5 rings (SSSR count). The summed E-state index contributed by atoms with van der Waals surface area (Å²) in [4.78, 5) is 41.6. The van der Waals surface area contributed by atoms with Gasteiger partial charge >= 0.3 is 6.03 Å². The highest BCUT2D eigenvalue weighted by Gasteiger charge is 2.49. The van der Waals surface area contributed by atoms with Crippen LogP contribution in [0.15, 0.2) is 67.3 Å². The van der Waals surface area contributed by atoms with Gasteiger partial charge in [0, 0.05) is 43.1 Å². The third-order valence-corrected chi connectivity index (χ3v) is 9.43. The van der Waals surface area contributed by atoms with Crippen LogP contribution in [0.1, 0.15) is 49.6 Å². The molecule has 238 valence electrons. The van der Waals surface area contributed by atoms with E-state index < -0.39 is 5.54 Å². The number of likely N-dealkylation sites (N-methyl/N-ethyl adjacent to an activating group) is 1. The molecular weight excluding hydrogens is 568 g/mol. The summed E-state index contributed by atoms with van der Waals surface area (Å²) in [6.07, 6.45) is 2.72. The molecule has 2 unspecified atom stereocenters. The highest BCUT2D eigenvalue weighted by atomic mass is 16.2. The third kappa shape index (κ3) is 6.85. The molecule has 4 amide bonds. The number of rotatable bonds is 9. The zero-order valence-corrected chi connectivity index (χ0v) is 26.9. The van der Waals surface area contributed by atoms with Gasteiger partial charge in [0.05, 0.1) is 31.7 Å². The van der Waals surface area contributed by atoms with Crippen LogP contribution < -0.4 is 25.3 Å². The second kappa shape index (κ2) is 13.0. The van der Waals surface area contributed by atoms with E-state index in [1.807, 2.05) is 82.5 Å². The molecule has 11 heteroatoms. The van der Waals surface area contributed by atoms with Crippen LogP contribution in [-0.4, -0.2) is 73.7 Å². The number of benzene rings is 2. The van der Waals surface area contributed by atoms with Crippen LogP contribution in [0.25, 0.3) is 0 Å². The first-order valence-corrected chi connectivity index (χ1v) is 15.6. The summed E-state index contributed by atoms with van der Waals surface area (Å²) < 4.78 is 0.719. The first-order valence-electron chi connectivity index (χ1n) is 15.6. The number of urea groups is 1. The molecule has 1 fully saturated rings. The Hall–Kier alpha value is -4.32. The van der Waals surface area contributed by atoms with E-state index in [9.17, 15) is 14.4 Å². The molecule has 0 bridgehead atoms. The van der Waals surface area contributed by atoms with Gasteiger partial charge in [0.15, 0.2) is 5.82 Å². The number of carbonyl (C=O) groups is 3. The Kier molecular flexibility index (Phi) is 9.24. The van der Waals surface area contributed by atoms with E-state index in [1.165, 1.54) is 6.08 Å². The second-order valence-corrected chi connectivity index (χ2v) is 13.3. The first kappa shape index (κ1) is 32.1. The number of nitrogens with one attached hydrogen (secondary N) is 5. The van der Waals surface area contributed by atoms with Crippen LogP contribution in [0, 0.1) is 5.92 Å². The summed E-state index contributed by atoms with van der Waals surface area (Å²) in [6, 6.07) is 17.6. The molecule has 5 N–H and O–H groups in total. The molecule has 2 aliphatic rings. The molecule has 0 radical (unpaired) electrons. The highest BCUT2D eigenvalue weighted by Crippen LogP contribution is 2.33. The lowest BCUT2D eigenvalue weighted by Crippen LogP contribution is -3.18. The van der Waals surface area contributed by atoms with E-state index in [0.29, 0.717) is 18.9 Å². The summed E-state index contributed by atoms with van der Waals surface area (Å²) in [6.45, 7) is 10.3. The maximum absolute atomic E-state index is 13.7. The Morgan fingerprint density at radius 2 is 1.76 bits per heavy atom. The maximum atomic E-state index is 13.7. The largest absolute Gasteiger partial charge is 0.416 e. The average molecular weight is 615 g/mol. The predicted octanol–water partition coefficient (Wildman–Crippen LogP) is 3.17. The lowest BCUT2D eigenvalue weighted by atomic mass is 9.93. The van der Waals surface area contributed by atoms with Gasteiger partial charge in [-0.05, 0) is 51.7 Å². The minimum absolute atomic E-state index is 0.0381. The van der Waals surface area contributed by atoms with Gasteiger partial charge in [0.2, 0.25) is 11.8 Å². The van der Waals surface area contributed by atoms with Crippen LogP contribution in [0.5, 0.6) is 0 Å². The summed E-state index contributed by atoms with van der Waals surface area (Å²) in [5.41, 5.74) is 4.11. The van der Waals surface area contributed by atoms with E-state index in [4.69, 9.17) is 0 Å². The van der Waals surface area contributed by atoms with Crippen LogP contribution >= 0.6 is 0 Å². The number of likely N-dealkylation sites (tertiary alicyclic amines) is 1. The van der Waals surface area contributed by atoms with E-state index in [-0.39, 0.29) is 29.8 Å². The number of carbonyl (C=O) groups excluding carboxylic acids is 3. The van der Waals surface area contributed by atoms with Crippen molar-refractivity contribution in [3.8, 4) is 0 Å². The van der Waals surface area contributed by atoms with Gasteiger partial charge in [-0.1, -0.05) is 36.9 Å². The molecule has 45 heavy (non-hydrogen) atoms. The van der Waals surface area contributed by atoms with Crippen LogP contribution in [0.2, 0.25) is 0 Å². The molecule has 0 aliphatic carbocycles. The minimum Gasteiger partial charge on any atom is -0.323 e. The number of H-pyrrole nitrogens is 1. The number of anilines is 2. The van der Waals surface area contributed by atoms with Crippen molar-refractivity contribution in [2.24, 2.45) is 5.92 Å². The summed E-state index contributed by atoms with van der Waals surface area (Å²) in [5.74, 6) is 0.103. The molecule has 2 aromatic carbocycles. The van der Waals surface area contributed by atoms with Crippen molar-refractivity contribution in [3.05, 3.63) is 84.1 Å². The smallest absolute Gasteiger partial charge is 0.323 e. The normalized spacial score (nSPS) is 22.7. The number of fused-ring (bicyclic) bond motifs is 1. The molecule has 1 aromatic heterocycles. The van der Waals surface area contributed by atoms with E-state index >= 15 is 0 Å². The Balaban J connectivity index is 1.21. The average Bonchev–Trinajstić information content (AvgIpc) is 3.54. The van der Waals surface area contributed by atoms with Gasteiger partial charge in [-0.15, -0.1) is 0 Å². The molecule has 3 aromatic rings. The van der Waals surface area contributed by atoms with Crippen molar-refractivity contribution in [1.29, 1.82) is 0 Å². The van der Waals surface area contributed by atoms with Crippen molar-refractivity contribution < 1.29 is 19.3 Å². The SMILES string of the molecule is C=CC(=O)Nc1ccc([N+]2(C)CCC(C(=O)Nc3n[nH]c4c3C[NH+](C(=O)NC(CN(C)C)c3ccccc3)C4(C)C)CC2)cc1. The minimum atomic E-state index is -0.553. The van der Waals surface area contributed by atoms with E-state index in [0.717, 1.165) is 63.5 Å². The first-order chi connectivity index (χ1) is 21.4. The van der Waals surface area contributed by atoms with Gasteiger partial charge in [-0.2, -0.15) is 5.10 Å². The molecule has 0 saturated carbocycles. The zero-order valence-electron chi connectivity index (χ0n) is 26.9. The molecule has 11 nitrogen and oxygen atoms in total. The van der Waals surface area contributed by atoms with Crippen molar-refractivity contribution in [1.82, 2.24) is 24.9 Å². The van der Waals surface area contributed by atoms with Crippen LogP contribution in [0.3, 0.4) is 0 Å². The fraction of sp³-hybridized carbons (Fsp3) is 0.412. The second-order valence-electron chi connectivity index (χ2n) is 13.3. The Labute approximate surface area is 265 Å². The Morgan fingerprint density at radius 1 is 1.09 bits per heavy atom. The van der Waals surface area contributed by atoms with Crippen molar-refractivity contribution in [2.45, 2.75) is 44.8 Å². The fourth-order valence-electron chi connectivity index (χ4n) is 6.58. The zero-order chi connectivity index (χ0) is 32.4. The van der Waals surface area contributed by atoms with E-state index in [1.54, 1.807) is 0 Å². The topological polar surface area (TPSA) is 124 Å². The lowest BCUT2D eigenvalue weighted by molar-refractivity contribution is -0.884. The van der Waals surface area contributed by atoms with Gasteiger partial charge in [-0.25, -0.2) is 9.69 Å². The fourth-order valence-corrected chi connectivity index (χ4v) is 6.58. The number of aromatic nitrogens is 2. The van der Waals surface area contributed by atoms with Gasteiger partial charge in [0.1, 0.15) is 23.5 Å². The molecule has 2 aliphatic heterocycles. The number of piperidine rings is 1. The number of hydrogen-bond donors (Lipinski definition) is 5. The number of amides is 4. The van der Waals surface area contributed by atoms with Crippen LogP contribution in [0.4, 0.5) is 22.0 Å². The summed E-state index contributed by atoms with van der Waals surface area (Å²) >= 11 is 0. The summed E-state index contributed by atoms with van der Waals surface area (Å²) in [5, 5.41) is 16.7. The van der Waals surface area contributed by atoms with Crippen molar-refractivity contribution >= 4 is 35.0 Å². The number of aromatic amines is 1. The van der Waals surface area contributed by atoms with Gasteiger partial charge < -0.3 is 15.5 Å². The lowest BCUT2D eigenvalue weighted by Gasteiger charge is -2.39. The molecular formula is C34H46N8O3+2. The third-order valence-electron chi connectivity index (χ3n) is 9.43. The Morgan fingerprint density at radius 3 is 2.38 bits per heavy atom. The van der Waals surface area contributed by atoms with E-state index in [2.05, 4.69) is 44.7 Å². The molecule has 1 saturated heterocycles. The molecule has 0 spiro atoms. The number of hydrogen-bond acceptors (Lipinski definition) is 5.